The minimum absolute atomic E-state index is 0.140. The second-order valence-electron chi connectivity index (χ2n) is 9.50. The van der Waals surface area contributed by atoms with Crippen LogP contribution in [0.1, 0.15) is 72.3 Å². The molecule has 0 radical (unpaired) electrons. The number of benzene rings is 1. The molecule has 1 aliphatic carbocycles. The van der Waals surface area contributed by atoms with Gasteiger partial charge < -0.3 is 15.2 Å². The molecule has 1 aromatic rings. The van der Waals surface area contributed by atoms with Crippen LogP contribution in [0.25, 0.3) is 0 Å². The average molecular weight is 348 g/mol. The third-order valence-corrected chi connectivity index (χ3v) is 5.05. The van der Waals surface area contributed by atoms with E-state index in [1.807, 2.05) is 12.1 Å². The molecule has 0 unspecified atom stereocenters. The summed E-state index contributed by atoms with van der Waals surface area (Å²) in [6.45, 7) is 12.4. The predicted molar refractivity (Wildman–Crippen MR) is 105 cm³/mol. The second-order valence-corrected chi connectivity index (χ2v) is 9.50. The number of hydrogen-bond donors (Lipinski definition) is 2. The van der Waals surface area contributed by atoms with E-state index in [1.165, 1.54) is 31.2 Å². The van der Waals surface area contributed by atoms with E-state index in [0.29, 0.717) is 24.6 Å². The third-order valence-electron chi connectivity index (χ3n) is 5.05. The van der Waals surface area contributed by atoms with Gasteiger partial charge in [-0.15, -0.1) is 0 Å². The van der Waals surface area contributed by atoms with Crippen LogP contribution in [-0.4, -0.2) is 30.4 Å². The fourth-order valence-electron chi connectivity index (χ4n) is 4.11. The maximum absolute atomic E-state index is 10.1. The molecule has 2 N–H and O–H groups in total. The molecule has 0 aromatic heterocycles. The molecule has 1 atom stereocenters. The Bertz CT molecular complexity index is 510. The minimum atomic E-state index is -0.461. The first-order chi connectivity index (χ1) is 11.7. The quantitative estimate of drug-likeness (QED) is 0.718. The van der Waals surface area contributed by atoms with Gasteiger partial charge in [-0.25, -0.2) is 0 Å². The summed E-state index contributed by atoms with van der Waals surface area (Å²) >= 11 is 0. The standard InChI is InChI=1S/C22H37NO2/c1-21(2,3)16-22(4,5)17-10-12-20(13-11-17)25-15-19(24)14-23-18-8-6-7-9-18/h10-13,18-19,23-24H,6-9,14-16H2,1-5H3/t19-/m0/s1. The molecule has 1 aliphatic rings. The lowest BCUT2D eigenvalue weighted by Gasteiger charge is -2.33. The summed E-state index contributed by atoms with van der Waals surface area (Å²) in [6, 6.07) is 8.95. The molecule has 142 valence electrons. The van der Waals surface area contributed by atoms with Crippen LogP contribution in [0.2, 0.25) is 0 Å². The molecule has 0 aliphatic heterocycles. The topological polar surface area (TPSA) is 41.5 Å². The van der Waals surface area contributed by atoms with E-state index < -0.39 is 6.10 Å². The summed E-state index contributed by atoms with van der Waals surface area (Å²) in [4.78, 5) is 0. The van der Waals surface area contributed by atoms with Crippen molar-refractivity contribution in [2.75, 3.05) is 13.2 Å². The largest absolute Gasteiger partial charge is 0.491 e. The van der Waals surface area contributed by atoms with Gasteiger partial charge in [0.2, 0.25) is 0 Å². The van der Waals surface area contributed by atoms with Crippen molar-refractivity contribution in [2.24, 2.45) is 5.41 Å². The molecular weight excluding hydrogens is 310 g/mol. The molecule has 1 saturated carbocycles. The first-order valence-corrected chi connectivity index (χ1v) is 9.80. The van der Waals surface area contributed by atoms with E-state index >= 15 is 0 Å². The zero-order valence-electron chi connectivity index (χ0n) is 16.8. The van der Waals surface area contributed by atoms with Crippen molar-refractivity contribution in [1.29, 1.82) is 0 Å². The number of ether oxygens (including phenoxy) is 1. The van der Waals surface area contributed by atoms with Crippen LogP contribution < -0.4 is 10.1 Å². The smallest absolute Gasteiger partial charge is 0.119 e. The molecule has 2 rings (SSSR count). The summed E-state index contributed by atoms with van der Waals surface area (Å²) in [5, 5.41) is 13.5. The Hall–Kier alpha value is -1.06. The molecule has 1 aromatic carbocycles. The molecule has 3 nitrogen and oxygen atoms in total. The van der Waals surface area contributed by atoms with Crippen molar-refractivity contribution in [2.45, 2.75) is 84.3 Å². The van der Waals surface area contributed by atoms with E-state index in [9.17, 15) is 5.11 Å². The van der Waals surface area contributed by atoms with Gasteiger partial charge in [-0.2, -0.15) is 0 Å². The lowest BCUT2D eigenvalue weighted by atomic mass is 9.72. The van der Waals surface area contributed by atoms with Crippen LogP contribution >= 0.6 is 0 Å². The van der Waals surface area contributed by atoms with Crippen LogP contribution in [0.4, 0.5) is 0 Å². The van der Waals surface area contributed by atoms with Crippen molar-refractivity contribution in [3.8, 4) is 5.75 Å². The van der Waals surface area contributed by atoms with E-state index in [1.54, 1.807) is 0 Å². The molecule has 1 fully saturated rings. The molecule has 0 spiro atoms. The van der Waals surface area contributed by atoms with Crippen molar-refractivity contribution >= 4 is 0 Å². The summed E-state index contributed by atoms with van der Waals surface area (Å²) in [7, 11) is 0. The van der Waals surface area contributed by atoms with Crippen molar-refractivity contribution in [3.63, 3.8) is 0 Å². The van der Waals surface area contributed by atoms with Crippen molar-refractivity contribution in [1.82, 2.24) is 5.32 Å². The fraction of sp³-hybridized carbons (Fsp3) is 0.727. The number of hydrogen-bond acceptors (Lipinski definition) is 3. The molecule has 25 heavy (non-hydrogen) atoms. The van der Waals surface area contributed by atoms with E-state index in [4.69, 9.17) is 4.74 Å². The van der Waals surface area contributed by atoms with Gasteiger partial charge in [-0.3, -0.25) is 0 Å². The highest BCUT2D eigenvalue weighted by Crippen LogP contribution is 2.36. The van der Waals surface area contributed by atoms with Crippen molar-refractivity contribution < 1.29 is 9.84 Å². The number of rotatable bonds is 8. The Labute approximate surface area is 154 Å². The normalized spacial score (nSPS) is 17.7. The zero-order valence-corrected chi connectivity index (χ0v) is 16.8. The summed E-state index contributed by atoms with van der Waals surface area (Å²) < 4.78 is 5.76. The first kappa shape index (κ1) is 20.3. The van der Waals surface area contributed by atoms with Crippen molar-refractivity contribution in [3.05, 3.63) is 29.8 Å². The SMILES string of the molecule is CC(C)(C)CC(C)(C)c1ccc(OC[C@@H](O)CNC2CCCC2)cc1. The highest BCUT2D eigenvalue weighted by molar-refractivity contribution is 5.31. The van der Waals surface area contributed by atoms with Gasteiger partial charge in [-0.1, -0.05) is 59.6 Å². The van der Waals surface area contributed by atoms with Gasteiger partial charge in [0.15, 0.2) is 0 Å². The Morgan fingerprint density at radius 3 is 2.24 bits per heavy atom. The van der Waals surface area contributed by atoms with Crippen LogP contribution in [0, 0.1) is 5.41 Å². The van der Waals surface area contributed by atoms with Gasteiger partial charge in [0.25, 0.3) is 0 Å². The number of aliphatic hydroxyl groups excluding tert-OH is 1. The van der Waals surface area contributed by atoms with Gasteiger partial charge in [0.05, 0.1) is 0 Å². The fourth-order valence-corrected chi connectivity index (χ4v) is 4.11. The summed E-state index contributed by atoms with van der Waals surface area (Å²) in [5.41, 5.74) is 1.77. The van der Waals surface area contributed by atoms with Crippen LogP contribution in [0.15, 0.2) is 24.3 Å². The average Bonchev–Trinajstić information content (AvgIpc) is 3.02. The van der Waals surface area contributed by atoms with Gasteiger partial charge in [0.1, 0.15) is 18.5 Å². The molecule has 0 heterocycles. The molecular formula is C22H37NO2. The molecule has 0 bridgehead atoms. The Morgan fingerprint density at radius 1 is 1.08 bits per heavy atom. The Morgan fingerprint density at radius 2 is 1.68 bits per heavy atom. The lowest BCUT2D eigenvalue weighted by Crippen LogP contribution is -2.36. The third kappa shape index (κ3) is 6.99. The monoisotopic (exact) mass is 347 g/mol. The maximum atomic E-state index is 10.1. The van der Waals surface area contributed by atoms with Gasteiger partial charge in [0, 0.05) is 12.6 Å². The highest BCUT2D eigenvalue weighted by atomic mass is 16.5. The summed E-state index contributed by atoms with van der Waals surface area (Å²) in [5.74, 6) is 0.829. The zero-order chi connectivity index (χ0) is 18.5. The van der Waals surface area contributed by atoms with E-state index in [2.05, 4.69) is 52.1 Å². The Balaban J connectivity index is 1.79. The predicted octanol–water partition coefficient (Wildman–Crippen LogP) is 4.67. The molecule has 0 saturated heterocycles. The minimum Gasteiger partial charge on any atom is -0.491 e. The maximum Gasteiger partial charge on any atom is 0.119 e. The molecule has 3 heteroatoms. The van der Waals surface area contributed by atoms with E-state index in [0.717, 1.165) is 12.2 Å². The number of aliphatic hydroxyl groups is 1. The number of nitrogens with one attached hydrogen (secondary N) is 1. The van der Waals surface area contributed by atoms with E-state index in [-0.39, 0.29) is 5.41 Å². The van der Waals surface area contributed by atoms with Gasteiger partial charge >= 0.3 is 0 Å². The highest BCUT2D eigenvalue weighted by Gasteiger charge is 2.27. The lowest BCUT2D eigenvalue weighted by molar-refractivity contribution is 0.104. The summed E-state index contributed by atoms with van der Waals surface area (Å²) in [6.07, 6.45) is 5.76. The van der Waals surface area contributed by atoms with Gasteiger partial charge in [-0.05, 0) is 47.8 Å². The molecule has 0 amide bonds. The Kier molecular flexibility index (Phi) is 6.93. The second kappa shape index (κ2) is 8.55. The van der Waals surface area contributed by atoms with Crippen LogP contribution in [-0.2, 0) is 5.41 Å². The van der Waals surface area contributed by atoms with Crippen LogP contribution in [0.5, 0.6) is 5.75 Å². The first-order valence-electron chi connectivity index (χ1n) is 9.80. The van der Waals surface area contributed by atoms with Crippen LogP contribution in [0.3, 0.4) is 0 Å².